The van der Waals surface area contributed by atoms with Gasteiger partial charge in [-0.3, -0.25) is 4.79 Å². The molecule has 0 unspecified atom stereocenters. The first kappa shape index (κ1) is 19.9. The van der Waals surface area contributed by atoms with Crippen LogP contribution in [0.25, 0.3) is 0 Å². The van der Waals surface area contributed by atoms with Crippen molar-refractivity contribution in [1.29, 1.82) is 0 Å². The molecule has 6 heteroatoms. The quantitative estimate of drug-likeness (QED) is 0.571. The molecule has 3 rings (SSSR count). The molecule has 0 saturated heterocycles. The molecule has 28 heavy (non-hydrogen) atoms. The van der Waals surface area contributed by atoms with Crippen LogP contribution in [0.4, 0.5) is 11.5 Å². The summed E-state index contributed by atoms with van der Waals surface area (Å²) >= 11 is 0. The van der Waals surface area contributed by atoms with E-state index in [0.717, 1.165) is 18.5 Å². The molecule has 0 atom stereocenters. The highest BCUT2D eigenvalue weighted by Gasteiger charge is 2.16. The highest BCUT2D eigenvalue weighted by molar-refractivity contribution is 5.94. The molecule has 0 aliphatic heterocycles. The highest BCUT2D eigenvalue weighted by Crippen LogP contribution is 2.19. The Hall–Kier alpha value is -2.89. The third-order valence-electron chi connectivity index (χ3n) is 4.88. The lowest BCUT2D eigenvalue weighted by Gasteiger charge is -2.16. The number of ether oxygens (including phenoxy) is 1. The molecule has 1 heterocycles. The summed E-state index contributed by atoms with van der Waals surface area (Å²) in [5, 5.41) is 6.29. The molecule has 1 aliphatic carbocycles. The Morgan fingerprint density at radius 2 is 1.68 bits per heavy atom. The van der Waals surface area contributed by atoms with Gasteiger partial charge in [0.25, 0.3) is 5.91 Å². The van der Waals surface area contributed by atoms with E-state index >= 15 is 0 Å². The zero-order valence-electron chi connectivity index (χ0n) is 16.2. The van der Waals surface area contributed by atoms with Gasteiger partial charge in [0, 0.05) is 17.9 Å². The molecule has 1 aliphatic rings. The van der Waals surface area contributed by atoms with Gasteiger partial charge in [-0.05, 0) is 56.2 Å². The molecule has 2 aromatic rings. The largest absolute Gasteiger partial charge is 0.462 e. The number of anilines is 2. The van der Waals surface area contributed by atoms with Crippen molar-refractivity contribution < 1.29 is 14.3 Å². The van der Waals surface area contributed by atoms with Gasteiger partial charge in [-0.15, -0.1) is 0 Å². The fourth-order valence-electron chi connectivity index (χ4n) is 3.35. The number of aromatic nitrogens is 1. The van der Waals surface area contributed by atoms with Crippen molar-refractivity contribution in [2.24, 2.45) is 0 Å². The predicted molar refractivity (Wildman–Crippen MR) is 109 cm³/mol. The maximum Gasteiger partial charge on any atom is 0.338 e. The van der Waals surface area contributed by atoms with Gasteiger partial charge in [-0.2, -0.15) is 0 Å². The summed E-state index contributed by atoms with van der Waals surface area (Å²) in [5.74, 6) is 0.232. The Bertz CT molecular complexity index is 780. The molecule has 1 aromatic heterocycles. The summed E-state index contributed by atoms with van der Waals surface area (Å²) in [6, 6.07) is 10.8. The molecular formula is C22H27N3O3. The number of rotatable bonds is 6. The second-order valence-corrected chi connectivity index (χ2v) is 7.02. The van der Waals surface area contributed by atoms with Gasteiger partial charge in [0.05, 0.1) is 17.7 Å². The Kier molecular flexibility index (Phi) is 7.00. The van der Waals surface area contributed by atoms with Crippen LogP contribution in [0.3, 0.4) is 0 Å². The van der Waals surface area contributed by atoms with Crippen LogP contribution in [0.15, 0.2) is 42.6 Å². The van der Waals surface area contributed by atoms with Gasteiger partial charge >= 0.3 is 5.97 Å². The van der Waals surface area contributed by atoms with Crippen LogP contribution >= 0.6 is 0 Å². The Labute approximate surface area is 165 Å². The second kappa shape index (κ2) is 9.88. The maximum absolute atomic E-state index is 12.4. The molecule has 6 nitrogen and oxygen atoms in total. The number of hydrogen-bond acceptors (Lipinski definition) is 5. The first-order chi connectivity index (χ1) is 13.7. The van der Waals surface area contributed by atoms with Crippen LogP contribution in [0.1, 0.15) is 66.2 Å². The van der Waals surface area contributed by atoms with Crippen molar-refractivity contribution in [1.82, 2.24) is 10.3 Å². The van der Waals surface area contributed by atoms with E-state index in [1.165, 1.54) is 25.7 Å². The van der Waals surface area contributed by atoms with Gasteiger partial charge < -0.3 is 15.4 Å². The molecule has 2 N–H and O–H groups in total. The van der Waals surface area contributed by atoms with Crippen LogP contribution in [-0.2, 0) is 4.74 Å². The third kappa shape index (κ3) is 5.55. The van der Waals surface area contributed by atoms with Gasteiger partial charge in [0.15, 0.2) is 0 Å². The van der Waals surface area contributed by atoms with Crippen LogP contribution < -0.4 is 10.6 Å². The fraction of sp³-hybridized carbons (Fsp3) is 0.409. The number of amides is 1. The van der Waals surface area contributed by atoms with Gasteiger partial charge in [-0.25, -0.2) is 9.78 Å². The van der Waals surface area contributed by atoms with Crippen LogP contribution in [0.5, 0.6) is 0 Å². The van der Waals surface area contributed by atoms with Gasteiger partial charge in [-0.1, -0.05) is 25.7 Å². The van der Waals surface area contributed by atoms with E-state index < -0.39 is 0 Å². The second-order valence-electron chi connectivity index (χ2n) is 7.02. The summed E-state index contributed by atoms with van der Waals surface area (Å²) < 4.78 is 4.97. The summed E-state index contributed by atoms with van der Waals surface area (Å²) in [6.45, 7) is 2.13. The number of esters is 1. The number of nitrogens with zero attached hydrogens (tertiary/aromatic N) is 1. The first-order valence-electron chi connectivity index (χ1n) is 9.97. The van der Waals surface area contributed by atoms with E-state index in [1.807, 2.05) is 0 Å². The Morgan fingerprint density at radius 3 is 2.29 bits per heavy atom. The smallest absolute Gasteiger partial charge is 0.338 e. The van der Waals surface area contributed by atoms with Gasteiger partial charge in [0.2, 0.25) is 0 Å². The number of nitrogens with one attached hydrogen (secondary N) is 2. The number of hydrogen-bond donors (Lipinski definition) is 2. The maximum atomic E-state index is 12.4. The highest BCUT2D eigenvalue weighted by atomic mass is 16.5. The first-order valence-corrected chi connectivity index (χ1v) is 9.97. The van der Waals surface area contributed by atoms with Crippen LogP contribution in [0.2, 0.25) is 0 Å². The summed E-state index contributed by atoms with van der Waals surface area (Å²) in [7, 11) is 0. The Morgan fingerprint density at radius 1 is 1.00 bits per heavy atom. The van der Waals surface area contributed by atoms with Crippen molar-refractivity contribution >= 4 is 23.4 Å². The third-order valence-corrected chi connectivity index (χ3v) is 4.88. The van der Waals surface area contributed by atoms with E-state index in [-0.39, 0.29) is 17.9 Å². The monoisotopic (exact) mass is 381 g/mol. The molecule has 0 radical (unpaired) electrons. The zero-order valence-corrected chi connectivity index (χ0v) is 16.2. The molecule has 1 fully saturated rings. The van der Waals surface area contributed by atoms with Crippen LogP contribution in [-0.4, -0.2) is 29.5 Å². The van der Waals surface area contributed by atoms with Crippen molar-refractivity contribution in [3.05, 3.63) is 53.7 Å². The minimum Gasteiger partial charge on any atom is -0.462 e. The van der Waals surface area contributed by atoms with E-state index in [4.69, 9.17) is 4.74 Å². The van der Waals surface area contributed by atoms with E-state index in [0.29, 0.717) is 23.6 Å². The standard InChI is InChI=1S/C22H27N3O3/c1-2-28-22(27)16-9-12-19(13-10-16)24-20-14-11-17(15-23-20)21(26)25-18-7-5-3-4-6-8-18/h9-15,18H,2-8H2,1H3,(H,23,24)(H,25,26). The molecule has 0 spiro atoms. The number of carbonyl (C=O) groups is 2. The predicted octanol–water partition coefficient (Wildman–Crippen LogP) is 4.45. The number of carbonyl (C=O) groups excluding carboxylic acids is 2. The molecule has 1 saturated carbocycles. The summed E-state index contributed by atoms with van der Waals surface area (Å²) in [6.07, 6.45) is 8.58. The average molecular weight is 381 g/mol. The SMILES string of the molecule is CCOC(=O)c1ccc(Nc2ccc(C(=O)NC3CCCCCC3)cn2)cc1. The number of benzene rings is 1. The zero-order chi connectivity index (χ0) is 19.8. The molecule has 148 valence electrons. The lowest BCUT2D eigenvalue weighted by molar-refractivity contribution is 0.0526. The summed E-state index contributed by atoms with van der Waals surface area (Å²) in [4.78, 5) is 28.4. The Balaban J connectivity index is 1.56. The van der Waals surface area contributed by atoms with Crippen molar-refractivity contribution in [2.45, 2.75) is 51.5 Å². The minimum atomic E-state index is -0.337. The molecular weight excluding hydrogens is 354 g/mol. The van der Waals surface area contributed by atoms with Gasteiger partial charge in [0.1, 0.15) is 5.82 Å². The lowest BCUT2D eigenvalue weighted by Crippen LogP contribution is -2.34. The topological polar surface area (TPSA) is 80.3 Å². The minimum absolute atomic E-state index is 0.0651. The van der Waals surface area contributed by atoms with E-state index in [2.05, 4.69) is 15.6 Å². The average Bonchev–Trinajstić information content (AvgIpc) is 2.98. The number of pyridine rings is 1. The van der Waals surface area contributed by atoms with E-state index in [1.54, 1.807) is 49.5 Å². The van der Waals surface area contributed by atoms with Crippen molar-refractivity contribution in [3.63, 3.8) is 0 Å². The molecule has 1 amide bonds. The summed E-state index contributed by atoms with van der Waals surface area (Å²) in [5.41, 5.74) is 1.87. The molecule has 1 aromatic carbocycles. The van der Waals surface area contributed by atoms with Crippen molar-refractivity contribution in [3.8, 4) is 0 Å². The van der Waals surface area contributed by atoms with Crippen molar-refractivity contribution in [2.75, 3.05) is 11.9 Å². The normalized spacial score (nSPS) is 14.8. The van der Waals surface area contributed by atoms with E-state index in [9.17, 15) is 9.59 Å². The lowest BCUT2D eigenvalue weighted by atomic mass is 10.1. The molecule has 0 bridgehead atoms. The fourth-order valence-corrected chi connectivity index (χ4v) is 3.35. The van der Waals surface area contributed by atoms with Crippen LogP contribution in [0, 0.1) is 0 Å².